The van der Waals surface area contributed by atoms with Gasteiger partial charge in [0, 0.05) is 23.7 Å². The van der Waals surface area contributed by atoms with Crippen molar-refractivity contribution >= 4 is 29.1 Å². The number of benzene rings is 1. The van der Waals surface area contributed by atoms with E-state index in [-0.39, 0.29) is 12.5 Å². The summed E-state index contributed by atoms with van der Waals surface area (Å²) in [5, 5.41) is 4.46. The molecule has 0 radical (unpaired) electrons. The maximum absolute atomic E-state index is 12.2. The molecule has 1 N–H and O–H groups in total. The highest BCUT2D eigenvalue weighted by Crippen LogP contribution is 2.31. The summed E-state index contributed by atoms with van der Waals surface area (Å²) in [6, 6.07) is 4.98. The van der Waals surface area contributed by atoms with Crippen LogP contribution in [-0.2, 0) is 4.79 Å². The molecule has 2 heterocycles. The number of amides is 1. The van der Waals surface area contributed by atoms with Gasteiger partial charge in [0.05, 0.1) is 5.02 Å². The number of rotatable bonds is 3. The Morgan fingerprint density at radius 2 is 2.00 bits per heavy atom. The molecule has 2 saturated heterocycles. The third kappa shape index (κ3) is 3.28. The second-order valence-electron chi connectivity index (χ2n) is 5.70. The first-order valence-electron chi connectivity index (χ1n) is 7.19. The third-order valence-electron chi connectivity index (χ3n) is 4.42. The second kappa shape index (κ2) is 6.03. The van der Waals surface area contributed by atoms with Crippen molar-refractivity contribution in [2.75, 3.05) is 26.2 Å². The first-order valence-corrected chi connectivity index (χ1v) is 7.94. The van der Waals surface area contributed by atoms with Crippen LogP contribution < -0.4 is 10.1 Å². The molecule has 2 fully saturated rings. The number of carbonyl (C=O) groups excluding carboxylic acids is 1. The fourth-order valence-corrected chi connectivity index (χ4v) is 3.38. The molecule has 2 aliphatic rings. The van der Waals surface area contributed by atoms with Gasteiger partial charge >= 0.3 is 0 Å². The van der Waals surface area contributed by atoms with Gasteiger partial charge in [-0.3, -0.25) is 4.79 Å². The summed E-state index contributed by atoms with van der Waals surface area (Å²) in [5.74, 6) is 0.499. The SMILES string of the molecule is O=C(COc1ccc(Cl)cc1Cl)N1CCC2(CCN2)CC1. The van der Waals surface area contributed by atoms with Crippen molar-refractivity contribution in [2.45, 2.75) is 24.8 Å². The van der Waals surface area contributed by atoms with E-state index in [1.165, 1.54) is 6.42 Å². The number of hydrogen-bond donors (Lipinski definition) is 1. The van der Waals surface area contributed by atoms with Gasteiger partial charge in [-0.05, 0) is 44.0 Å². The van der Waals surface area contributed by atoms with Gasteiger partial charge in [0.2, 0.25) is 0 Å². The molecule has 2 aliphatic heterocycles. The lowest BCUT2D eigenvalue weighted by atomic mass is 9.79. The molecule has 0 atom stereocenters. The molecular formula is C15H18Cl2N2O2. The summed E-state index contributed by atoms with van der Waals surface area (Å²) < 4.78 is 5.50. The van der Waals surface area contributed by atoms with Crippen molar-refractivity contribution in [3.05, 3.63) is 28.2 Å². The summed E-state index contributed by atoms with van der Waals surface area (Å²) in [6.45, 7) is 2.71. The van der Waals surface area contributed by atoms with Gasteiger partial charge in [0.15, 0.2) is 6.61 Å². The Labute approximate surface area is 134 Å². The monoisotopic (exact) mass is 328 g/mol. The van der Waals surface area contributed by atoms with E-state index in [4.69, 9.17) is 27.9 Å². The summed E-state index contributed by atoms with van der Waals surface area (Å²) in [4.78, 5) is 14.0. The average Bonchev–Trinajstić information content (AvgIpc) is 2.44. The van der Waals surface area contributed by atoms with Crippen molar-refractivity contribution in [3.63, 3.8) is 0 Å². The molecule has 3 rings (SSSR count). The molecule has 0 aromatic heterocycles. The van der Waals surface area contributed by atoms with Crippen molar-refractivity contribution in [3.8, 4) is 5.75 Å². The molecule has 1 spiro atoms. The lowest BCUT2D eigenvalue weighted by molar-refractivity contribution is -0.135. The van der Waals surface area contributed by atoms with E-state index in [1.807, 2.05) is 4.90 Å². The molecule has 6 heteroatoms. The van der Waals surface area contributed by atoms with Crippen LogP contribution in [-0.4, -0.2) is 42.6 Å². The maximum atomic E-state index is 12.2. The predicted molar refractivity (Wildman–Crippen MR) is 83.1 cm³/mol. The largest absolute Gasteiger partial charge is 0.482 e. The van der Waals surface area contributed by atoms with Crippen LogP contribution in [0.25, 0.3) is 0 Å². The van der Waals surface area contributed by atoms with Crippen molar-refractivity contribution in [1.29, 1.82) is 0 Å². The van der Waals surface area contributed by atoms with Crippen molar-refractivity contribution in [2.24, 2.45) is 0 Å². The maximum Gasteiger partial charge on any atom is 0.260 e. The Balaban J connectivity index is 1.50. The number of ether oxygens (including phenoxy) is 1. The van der Waals surface area contributed by atoms with Crippen LogP contribution in [0, 0.1) is 0 Å². The molecule has 0 aliphatic carbocycles. The molecule has 0 saturated carbocycles. The highest BCUT2D eigenvalue weighted by Gasteiger charge is 2.40. The Morgan fingerprint density at radius 1 is 1.29 bits per heavy atom. The van der Waals surface area contributed by atoms with Crippen LogP contribution in [0.3, 0.4) is 0 Å². The van der Waals surface area contributed by atoms with Crippen LogP contribution in [0.2, 0.25) is 10.0 Å². The minimum atomic E-state index is 0.00944. The van der Waals surface area contributed by atoms with Crippen molar-refractivity contribution < 1.29 is 9.53 Å². The molecule has 1 amide bonds. The van der Waals surface area contributed by atoms with Crippen LogP contribution in [0.4, 0.5) is 0 Å². The smallest absolute Gasteiger partial charge is 0.260 e. The molecule has 114 valence electrons. The molecule has 0 bridgehead atoms. The minimum absolute atomic E-state index is 0.00944. The zero-order valence-corrected chi connectivity index (χ0v) is 13.2. The number of carbonyl (C=O) groups is 1. The summed E-state index contributed by atoms with van der Waals surface area (Å²) in [6.07, 6.45) is 3.28. The van der Waals surface area contributed by atoms with Crippen LogP contribution in [0.1, 0.15) is 19.3 Å². The predicted octanol–water partition coefficient (Wildman–Crippen LogP) is 2.73. The average molecular weight is 329 g/mol. The van der Waals surface area contributed by atoms with Crippen LogP contribution >= 0.6 is 23.2 Å². The number of nitrogens with zero attached hydrogens (tertiary/aromatic N) is 1. The van der Waals surface area contributed by atoms with Gasteiger partial charge in [-0.2, -0.15) is 0 Å². The molecule has 21 heavy (non-hydrogen) atoms. The molecule has 1 aromatic carbocycles. The lowest BCUT2D eigenvalue weighted by Crippen LogP contribution is -2.62. The van der Waals surface area contributed by atoms with E-state index in [2.05, 4.69) is 5.32 Å². The number of halogens is 2. The normalized spacial score (nSPS) is 20.2. The summed E-state index contributed by atoms with van der Waals surface area (Å²) in [5.41, 5.74) is 0.303. The van der Waals surface area contributed by atoms with Gasteiger partial charge in [-0.1, -0.05) is 23.2 Å². The fourth-order valence-electron chi connectivity index (χ4n) is 2.91. The fraction of sp³-hybridized carbons (Fsp3) is 0.533. The van der Waals surface area contributed by atoms with Gasteiger partial charge < -0.3 is 15.0 Å². The number of nitrogens with one attached hydrogen (secondary N) is 1. The Bertz CT molecular complexity index is 536. The van der Waals surface area contributed by atoms with Gasteiger partial charge in [0.25, 0.3) is 5.91 Å². The summed E-state index contributed by atoms with van der Waals surface area (Å²) >= 11 is 11.8. The van der Waals surface area contributed by atoms with Gasteiger partial charge in [-0.15, -0.1) is 0 Å². The van der Waals surface area contributed by atoms with Crippen molar-refractivity contribution in [1.82, 2.24) is 10.2 Å². The zero-order chi connectivity index (χ0) is 14.9. The third-order valence-corrected chi connectivity index (χ3v) is 4.95. The summed E-state index contributed by atoms with van der Waals surface area (Å²) in [7, 11) is 0. The number of piperidine rings is 1. The minimum Gasteiger partial charge on any atom is -0.482 e. The zero-order valence-electron chi connectivity index (χ0n) is 11.7. The van der Waals surface area contributed by atoms with E-state index < -0.39 is 0 Å². The van der Waals surface area contributed by atoms with E-state index in [9.17, 15) is 4.79 Å². The Kier molecular flexibility index (Phi) is 4.29. The molecule has 4 nitrogen and oxygen atoms in total. The standard InChI is InChI=1S/C15H18Cl2N2O2/c16-11-1-2-13(12(17)9-11)21-10-14(20)19-7-4-15(5-8-19)3-6-18-15/h1-2,9,18H,3-8,10H2. The van der Waals surface area contributed by atoms with Gasteiger partial charge in [-0.25, -0.2) is 0 Å². The van der Waals surface area contributed by atoms with E-state index in [1.54, 1.807) is 18.2 Å². The van der Waals surface area contributed by atoms with Crippen LogP contribution in [0.15, 0.2) is 18.2 Å². The van der Waals surface area contributed by atoms with E-state index >= 15 is 0 Å². The second-order valence-corrected chi connectivity index (χ2v) is 6.54. The van der Waals surface area contributed by atoms with Crippen LogP contribution in [0.5, 0.6) is 5.75 Å². The van der Waals surface area contributed by atoms with E-state index in [0.29, 0.717) is 21.3 Å². The molecule has 1 aromatic rings. The van der Waals surface area contributed by atoms with E-state index in [0.717, 1.165) is 32.5 Å². The quantitative estimate of drug-likeness (QED) is 0.927. The number of hydrogen-bond acceptors (Lipinski definition) is 3. The highest BCUT2D eigenvalue weighted by atomic mass is 35.5. The highest BCUT2D eigenvalue weighted by molar-refractivity contribution is 6.35. The first kappa shape index (κ1) is 14.9. The Morgan fingerprint density at radius 3 is 2.57 bits per heavy atom. The number of likely N-dealkylation sites (tertiary alicyclic amines) is 1. The molecule has 0 unspecified atom stereocenters. The van der Waals surface area contributed by atoms with Gasteiger partial charge in [0.1, 0.15) is 5.75 Å². The lowest BCUT2D eigenvalue weighted by Gasteiger charge is -2.48. The first-order chi connectivity index (χ1) is 10.1. The molecular weight excluding hydrogens is 311 g/mol. The topological polar surface area (TPSA) is 41.6 Å². The Hall–Kier alpha value is -0.970.